The summed E-state index contributed by atoms with van der Waals surface area (Å²) in [7, 11) is 1.51. The average Bonchev–Trinajstić information content (AvgIpc) is 2.19. The molecule has 0 saturated carbocycles. The first-order valence-electron chi connectivity index (χ1n) is 3.88. The molecule has 0 fully saturated rings. The molecule has 0 aliphatic carbocycles. The molecular formula is C10H9ClN2O. The first-order valence-corrected chi connectivity index (χ1v) is 4.26. The number of nitrogens with zero attached hydrogens (tertiary/aromatic N) is 1. The van der Waals surface area contributed by atoms with Crippen LogP contribution in [-0.4, -0.2) is 7.11 Å². The van der Waals surface area contributed by atoms with E-state index in [4.69, 9.17) is 27.3 Å². The van der Waals surface area contributed by atoms with Crippen molar-refractivity contribution in [3.63, 3.8) is 0 Å². The molecule has 3 nitrogen and oxygen atoms in total. The molecule has 0 aliphatic heterocycles. The van der Waals surface area contributed by atoms with Crippen LogP contribution in [0.25, 0.3) is 6.08 Å². The summed E-state index contributed by atoms with van der Waals surface area (Å²) in [6.45, 7) is 0. The van der Waals surface area contributed by atoms with Gasteiger partial charge in [-0.2, -0.15) is 5.26 Å². The predicted octanol–water partition coefficient (Wildman–Crippen LogP) is 2.47. The fourth-order valence-corrected chi connectivity index (χ4v) is 1.23. The lowest BCUT2D eigenvalue weighted by molar-refractivity contribution is 0.417. The minimum atomic E-state index is 0.406. The van der Waals surface area contributed by atoms with Gasteiger partial charge in [0.15, 0.2) is 0 Å². The van der Waals surface area contributed by atoms with Crippen LogP contribution in [0.4, 0.5) is 5.69 Å². The molecule has 0 atom stereocenters. The van der Waals surface area contributed by atoms with Gasteiger partial charge in [-0.05, 0) is 23.8 Å². The van der Waals surface area contributed by atoms with Gasteiger partial charge in [-0.1, -0.05) is 11.6 Å². The second-order valence-corrected chi connectivity index (χ2v) is 2.99. The highest BCUT2D eigenvalue weighted by molar-refractivity contribution is 6.33. The smallest absolute Gasteiger partial charge is 0.143 e. The number of methoxy groups -OCH3 is 1. The van der Waals surface area contributed by atoms with Crippen molar-refractivity contribution in [3.8, 4) is 11.8 Å². The lowest BCUT2D eigenvalue weighted by atomic mass is 10.2. The van der Waals surface area contributed by atoms with Crippen molar-refractivity contribution in [3.05, 3.63) is 28.8 Å². The molecule has 2 N–H and O–H groups in total. The largest absolute Gasteiger partial charge is 0.495 e. The molecule has 0 bridgehead atoms. The van der Waals surface area contributed by atoms with Crippen LogP contribution < -0.4 is 10.5 Å². The van der Waals surface area contributed by atoms with Crippen LogP contribution in [0.15, 0.2) is 18.2 Å². The maximum absolute atomic E-state index is 8.35. The Bertz CT molecular complexity index is 407. The van der Waals surface area contributed by atoms with Crippen LogP contribution in [0.1, 0.15) is 5.56 Å². The van der Waals surface area contributed by atoms with Gasteiger partial charge in [-0.3, -0.25) is 0 Å². The number of hydrogen-bond acceptors (Lipinski definition) is 3. The number of benzene rings is 1. The van der Waals surface area contributed by atoms with Crippen LogP contribution in [0.2, 0.25) is 5.02 Å². The van der Waals surface area contributed by atoms with Crippen LogP contribution in [0.3, 0.4) is 0 Å². The summed E-state index contributed by atoms with van der Waals surface area (Å²) in [5, 5.41) is 8.77. The quantitative estimate of drug-likeness (QED) is 0.600. The summed E-state index contributed by atoms with van der Waals surface area (Å²) >= 11 is 5.85. The zero-order valence-electron chi connectivity index (χ0n) is 7.62. The lowest BCUT2D eigenvalue weighted by Crippen LogP contribution is -1.93. The Balaban J connectivity index is 3.17. The number of anilines is 1. The number of halogens is 1. The van der Waals surface area contributed by atoms with E-state index >= 15 is 0 Å². The van der Waals surface area contributed by atoms with Gasteiger partial charge in [0.05, 0.1) is 23.9 Å². The Morgan fingerprint density at radius 1 is 1.57 bits per heavy atom. The number of rotatable bonds is 2. The highest BCUT2D eigenvalue weighted by atomic mass is 35.5. The highest BCUT2D eigenvalue weighted by Crippen LogP contribution is 2.31. The molecule has 4 heteroatoms. The normalized spacial score (nSPS) is 10.1. The van der Waals surface area contributed by atoms with Crippen molar-refractivity contribution in [2.24, 2.45) is 0 Å². The molecule has 0 amide bonds. The van der Waals surface area contributed by atoms with Crippen LogP contribution >= 0.6 is 11.6 Å². The molecule has 0 heterocycles. The van der Waals surface area contributed by atoms with E-state index < -0.39 is 0 Å². The standard InChI is InChI=1S/C10H9ClN2O/c1-14-9-6-7(3-2-4-12)5-8(11)10(9)13/h2-3,5-6H,13H2,1H3. The fourth-order valence-electron chi connectivity index (χ4n) is 1.01. The fraction of sp³-hybridized carbons (Fsp3) is 0.100. The summed E-state index contributed by atoms with van der Waals surface area (Å²) in [6.07, 6.45) is 3.00. The SMILES string of the molecule is COc1cc(C=CC#N)cc(Cl)c1N. The zero-order chi connectivity index (χ0) is 10.6. The van der Waals surface area contributed by atoms with Gasteiger partial charge in [-0.25, -0.2) is 0 Å². The van der Waals surface area contributed by atoms with Crippen molar-refractivity contribution < 1.29 is 4.74 Å². The van der Waals surface area contributed by atoms with Crippen molar-refractivity contribution >= 4 is 23.4 Å². The predicted molar refractivity (Wildman–Crippen MR) is 57.1 cm³/mol. The van der Waals surface area contributed by atoms with Crippen molar-refractivity contribution in [2.75, 3.05) is 12.8 Å². The van der Waals surface area contributed by atoms with Crippen molar-refractivity contribution in [2.45, 2.75) is 0 Å². The highest BCUT2D eigenvalue weighted by Gasteiger charge is 2.04. The molecule has 1 rings (SSSR count). The summed E-state index contributed by atoms with van der Waals surface area (Å²) < 4.78 is 5.02. The van der Waals surface area contributed by atoms with E-state index in [1.165, 1.54) is 13.2 Å². The molecule has 0 radical (unpaired) electrons. The Morgan fingerprint density at radius 2 is 2.29 bits per heavy atom. The van der Waals surface area contributed by atoms with Gasteiger partial charge in [0, 0.05) is 6.08 Å². The summed E-state index contributed by atoms with van der Waals surface area (Å²) in [5.41, 5.74) is 6.83. The maximum atomic E-state index is 8.35. The van der Waals surface area contributed by atoms with E-state index in [2.05, 4.69) is 0 Å². The number of nitrogen functional groups attached to an aromatic ring is 1. The monoisotopic (exact) mass is 208 g/mol. The number of allylic oxidation sites excluding steroid dienone is 1. The van der Waals surface area contributed by atoms with E-state index in [0.29, 0.717) is 16.5 Å². The Labute approximate surface area is 87.4 Å². The molecule has 0 aliphatic rings. The maximum Gasteiger partial charge on any atom is 0.143 e. The second-order valence-electron chi connectivity index (χ2n) is 2.58. The van der Waals surface area contributed by atoms with Crippen LogP contribution in [-0.2, 0) is 0 Å². The van der Waals surface area contributed by atoms with E-state index in [1.807, 2.05) is 6.07 Å². The Kier molecular flexibility index (Phi) is 3.38. The average molecular weight is 209 g/mol. The minimum Gasteiger partial charge on any atom is -0.495 e. The summed E-state index contributed by atoms with van der Waals surface area (Å²) in [6, 6.07) is 5.28. The molecule has 0 aromatic heterocycles. The zero-order valence-corrected chi connectivity index (χ0v) is 8.38. The molecular weight excluding hydrogens is 200 g/mol. The van der Waals surface area contributed by atoms with Gasteiger partial charge < -0.3 is 10.5 Å². The molecule has 0 spiro atoms. The van der Waals surface area contributed by atoms with Crippen molar-refractivity contribution in [1.29, 1.82) is 5.26 Å². The van der Waals surface area contributed by atoms with Crippen molar-refractivity contribution in [1.82, 2.24) is 0 Å². The van der Waals surface area contributed by atoms with E-state index in [1.54, 1.807) is 18.2 Å². The van der Waals surface area contributed by atoms with Gasteiger partial charge in [0.2, 0.25) is 0 Å². The van der Waals surface area contributed by atoms with Gasteiger partial charge in [0.1, 0.15) is 5.75 Å². The van der Waals surface area contributed by atoms with E-state index in [0.717, 1.165) is 5.56 Å². The number of ether oxygens (including phenoxy) is 1. The Hall–Kier alpha value is -1.66. The molecule has 0 unspecified atom stereocenters. The lowest BCUT2D eigenvalue weighted by Gasteiger charge is -2.06. The third-order valence-electron chi connectivity index (χ3n) is 1.68. The Morgan fingerprint density at radius 3 is 2.86 bits per heavy atom. The molecule has 1 aromatic rings. The van der Waals surface area contributed by atoms with Gasteiger partial charge in [0.25, 0.3) is 0 Å². The number of hydrogen-bond donors (Lipinski definition) is 1. The molecule has 1 aromatic carbocycles. The van der Waals surface area contributed by atoms with Gasteiger partial charge in [-0.15, -0.1) is 0 Å². The van der Waals surface area contributed by atoms with Gasteiger partial charge >= 0.3 is 0 Å². The first kappa shape index (κ1) is 10.4. The van der Waals surface area contributed by atoms with Crippen LogP contribution in [0, 0.1) is 11.3 Å². The molecule has 0 saturated heterocycles. The molecule has 14 heavy (non-hydrogen) atoms. The third-order valence-corrected chi connectivity index (χ3v) is 2.00. The second kappa shape index (κ2) is 4.54. The van der Waals surface area contributed by atoms with Crippen LogP contribution in [0.5, 0.6) is 5.75 Å². The van der Waals surface area contributed by atoms with E-state index in [9.17, 15) is 0 Å². The topological polar surface area (TPSA) is 59.0 Å². The summed E-state index contributed by atoms with van der Waals surface area (Å²) in [4.78, 5) is 0. The summed E-state index contributed by atoms with van der Waals surface area (Å²) in [5.74, 6) is 0.509. The number of nitriles is 1. The van der Waals surface area contributed by atoms with E-state index in [-0.39, 0.29) is 0 Å². The third kappa shape index (κ3) is 2.18. The first-order chi connectivity index (χ1) is 6.69. The molecule has 72 valence electrons. The minimum absolute atomic E-state index is 0.406. The number of nitrogens with two attached hydrogens (primary N) is 1.